The van der Waals surface area contributed by atoms with E-state index in [9.17, 15) is 0 Å². The molecule has 1 unspecified atom stereocenters. The number of benzene rings is 1. The van der Waals surface area contributed by atoms with E-state index in [1.54, 1.807) is 13.4 Å². The molecule has 0 saturated carbocycles. The molecule has 0 fully saturated rings. The van der Waals surface area contributed by atoms with Crippen LogP contribution in [-0.2, 0) is 6.42 Å². The normalized spacial score (nSPS) is 12.2. The Morgan fingerprint density at radius 1 is 1.24 bits per heavy atom. The van der Waals surface area contributed by atoms with E-state index >= 15 is 0 Å². The van der Waals surface area contributed by atoms with Crippen molar-refractivity contribution in [3.63, 3.8) is 0 Å². The van der Waals surface area contributed by atoms with Crippen LogP contribution < -0.4 is 10.1 Å². The van der Waals surface area contributed by atoms with Gasteiger partial charge in [-0.1, -0.05) is 25.1 Å². The molecule has 0 bridgehead atoms. The fourth-order valence-electron chi connectivity index (χ4n) is 2.50. The number of ether oxygens (including phenoxy) is 1. The van der Waals surface area contributed by atoms with E-state index in [2.05, 4.69) is 54.3 Å². The summed E-state index contributed by atoms with van der Waals surface area (Å²) < 4.78 is 5.17. The van der Waals surface area contributed by atoms with Crippen molar-refractivity contribution in [1.82, 2.24) is 15.3 Å². The summed E-state index contributed by atoms with van der Waals surface area (Å²) in [6.07, 6.45) is 2.37. The standard InChI is InChI=1S/C17H23N3O/c1-5-18-16(15-8-6-7-12(2)13(15)3)9-14-10-17(21-4)20-11-19-14/h6-8,10-11,16,18H,5,9H2,1-4H3. The lowest BCUT2D eigenvalue weighted by atomic mass is 9.94. The van der Waals surface area contributed by atoms with Gasteiger partial charge < -0.3 is 10.1 Å². The molecule has 4 heteroatoms. The zero-order valence-corrected chi connectivity index (χ0v) is 13.2. The quantitative estimate of drug-likeness (QED) is 0.886. The summed E-state index contributed by atoms with van der Waals surface area (Å²) >= 11 is 0. The van der Waals surface area contributed by atoms with Crippen LogP contribution in [0.2, 0.25) is 0 Å². The van der Waals surface area contributed by atoms with Crippen LogP contribution in [-0.4, -0.2) is 23.6 Å². The summed E-state index contributed by atoms with van der Waals surface area (Å²) in [6, 6.07) is 8.59. The lowest BCUT2D eigenvalue weighted by Gasteiger charge is -2.21. The van der Waals surface area contributed by atoms with Gasteiger partial charge in [-0.15, -0.1) is 0 Å². The van der Waals surface area contributed by atoms with E-state index in [0.29, 0.717) is 5.88 Å². The van der Waals surface area contributed by atoms with Gasteiger partial charge in [0, 0.05) is 24.2 Å². The number of nitrogens with zero attached hydrogens (tertiary/aromatic N) is 2. The first-order chi connectivity index (χ1) is 10.2. The Labute approximate surface area is 126 Å². The van der Waals surface area contributed by atoms with Crippen LogP contribution in [0.3, 0.4) is 0 Å². The van der Waals surface area contributed by atoms with Crippen LogP contribution in [0.25, 0.3) is 0 Å². The van der Waals surface area contributed by atoms with Gasteiger partial charge in [0.15, 0.2) is 0 Å². The van der Waals surface area contributed by atoms with Gasteiger partial charge in [-0.3, -0.25) is 0 Å². The van der Waals surface area contributed by atoms with Gasteiger partial charge >= 0.3 is 0 Å². The maximum absolute atomic E-state index is 5.17. The van der Waals surface area contributed by atoms with Crippen LogP contribution in [0.1, 0.15) is 35.3 Å². The van der Waals surface area contributed by atoms with Crippen molar-refractivity contribution in [1.29, 1.82) is 0 Å². The number of aryl methyl sites for hydroxylation is 1. The molecular formula is C17H23N3O. The Balaban J connectivity index is 2.28. The lowest BCUT2D eigenvalue weighted by molar-refractivity contribution is 0.395. The molecule has 2 aromatic rings. The number of aromatic nitrogens is 2. The van der Waals surface area contributed by atoms with Crippen LogP contribution in [0.4, 0.5) is 0 Å². The van der Waals surface area contributed by atoms with Gasteiger partial charge in [-0.2, -0.15) is 0 Å². The summed E-state index contributed by atoms with van der Waals surface area (Å²) in [5, 5.41) is 3.55. The van der Waals surface area contributed by atoms with E-state index in [-0.39, 0.29) is 6.04 Å². The zero-order chi connectivity index (χ0) is 15.2. The molecule has 1 heterocycles. The third kappa shape index (κ3) is 3.79. The SMILES string of the molecule is CCNC(Cc1cc(OC)ncn1)c1cccc(C)c1C. The number of likely N-dealkylation sites (N-methyl/N-ethyl adjacent to an activating group) is 1. The molecule has 112 valence electrons. The molecule has 0 spiro atoms. The second-order valence-electron chi connectivity index (χ2n) is 5.16. The van der Waals surface area contributed by atoms with Gasteiger partial charge in [0.05, 0.1) is 7.11 Å². The van der Waals surface area contributed by atoms with Gasteiger partial charge in [-0.05, 0) is 37.1 Å². The first-order valence-corrected chi connectivity index (χ1v) is 7.30. The van der Waals surface area contributed by atoms with Crippen LogP contribution in [0.5, 0.6) is 5.88 Å². The second kappa shape index (κ2) is 7.18. The molecule has 0 amide bonds. The average molecular weight is 285 g/mol. The molecule has 1 aromatic heterocycles. The highest BCUT2D eigenvalue weighted by molar-refractivity contribution is 5.36. The summed E-state index contributed by atoms with van der Waals surface area (Å²) in [6.45, 7) is 7.37. The molecule has 1 N–H and O–H groups in total. The Kier molecular flexibility index (Phi) is 5.28. The maximum Gasteiger partial charge on any atom is 0.216 e. The highest BCUT2D eigenvalue weighted by Crippen LogP contribution is 2.24. The highest BCUT2D eigenvalue weighted by atomic mass is 16.5. The molecule has 0 aliphatic carbocycles. The first kappa shape index (κ1) is 15.4. The molecule has 2 rings (SSSR count). The van der Waals surface area contributed by atoms with Crippen molar-refractivity contribution in [3.05, 3.63) is 53.0 Å². The molecule has 0 saturated heterocycles. The van der Waals surface area contributed by atoms with Crippen LogP contribution in [0.15, 0.2) is 30.6 Å². The van der Waals surface area contributed by atoms with E-state index < -0.39 is 0 Å². The smallest absolute Gasteiger partial charge is 0.216 e. The third-order valence-electron chi connectivity index (χ3n) is 3.79. The first-order valence-electron chi connectivity index (χ1n) is 7.30. The zero-order valence-electron chi connectivity index (χ0n) is 13.2. The Morgan fingerprint density at radius 3 is 2.76 bits per heavy atom. The minimum Gasteiger partial charge on any atom is -0.481 e. The van der Waals surface area contributed by atoms with Gasteiger partial charge in [0.2, 0.25) is 5.88 Å². The fourth-order valence-corrected chi connectivity index (χ4v) is 2.50. The summed E-state index contributed by atoms with van der Waals surface area (Å²) in [4.78, 5) is 8.42. The average Bonchev–Trinajstić information content (AvgIpc) is 2.50. The van der Waals surface area contributed by atoms with Crippen molar-refractivity contribution in [2.24, 2.45) is 0 Å². The van der Waals surface area contributed by atoms with Crippen molar-refractivity contribution >= 4 is 0 Å². The number of hydrogen-bond donors (Lipinski definition) is 1. The molecule has 4 nitrogen and oxygen atoms in total. The second-order valence-corrected chi connectivity index (χ2v) is 5.16. The highest BCUT2D eigenvalue weighted by Gasteiger charge is 2.15. The fraction of sp³-hybridized carbons (Fsp3) is 0.412. The lowest BCUT2D eigenvalue weighted by Crippen LogP contribution is -2.24. The molecule has 21 heavy (non-hydrogen) atoms. The molecule has 0 radical (unpaired) electrons. The summed E-state index contributed by atoms with van der Waals surface area (Å²) in [5.74, 6) is 0.608. The minimum atomic E-state index is 0.245. The Morgan fingerprint density at radius 2 is 2.05 bits per heavy atom. The number of methoxy groups -OCH3 is 1. The van der Waals surface area contributed by atoms with Crippen molar-refractivity contribution in [2.45, 2.75) is 33.2 Å². The number of hydrogen-bond acceptors (Lipinski definition) is 4. The van der Waals surface area contributed by atoms with Crippen LogP contribution in [0, 0.1) is 13.8 Å². The Bertz CT molecular complexity index is 598. The van der Waals surface area contributed by atoms with E-state index in [1.165, 1.54) is 16.7 Å². The topological polar surface area (TPSA) is 47.0 Å². The predicted octanol–water partition coefficient (Wildman–Crippen LogP) is 3.00. The van der Waals surface area contributed by atoms with Gasteiger partial charge in [0.25, 0.3) is 0 Å². The summed E-state index contributed by atoms with van der Waals surface area (Å²) in [5.41, 5.74) is 4.96. The number of nitrogens with one attached hydrogen (secondary N) is 1. The molecule has 0 aliphatic heterocycles. The monoisotopic (exact) mass is 285 g/mol. The van der Waals surface area contributed by atoms with Gasteiger partial charge in [-0.25, -0.2) is 9.97 Å². The predicted molar refractivity (Wildman–Crippen MR) is 84.6 cm³/mol. The van der Waals surface area contributed by atoms with Crippen LogP contribution >= 0.6 is 0 Å². The Hall–Kier alpha value is -1.94. The molecular weight excluding hydrogens is 262 g/mol. The summed E-state index contributed by atoms with van der Waals surface area (Å²) in [7, 11) is 1.62. The molecule has 1 atom stereocenters. The van der Waals surface area contributed by atoms with E-state index in [4.69, 9.17) is 4.74 Å². The van der Waals surface area contributed by atoms with E-state index in [0.717, 1.165) is 18.7 Å². The number of rotatable bonds is 6. The van der Waals surface area contributed by atoms with Crippen molar-refractivity contribution in [2.75, 3.05) is 13.7 Å². The molecule has 0 aliphatic rings. The largest absolute Gasteiger partial charge is 0.481 e. The van der Waals surface area contributed by atoms with Crippen molar-refractivity contribution < 1.29 is 4.74 Å². The minimum absolute atomic E-state index is 0.245. The van der Waals surface area contributed by atoms with E-state index in [1.807, 2.05) is 6.07 Å². The third-order valence-corrected chi connectivity index (χ3v) is 3.79. The van der Waals surface area contributed by atoms with Gasteiger partial charge in [0.1, 0.15) is 6.33 Å². The molecule has 1 aromatic carbocycles. The maximum atomic E-state index is 5.17. The van der Waals surface area contributed by atoms with Crippen molar-refractivity contribution in [3.8, 4) is 5.88 Å².